The molecule has 5 rings (SSSR count). The lowest BCUT2D eigenvalue weighted by molar-refractivity contribution is -0.0838. The van der Waals surface area contributed by atoms with Crippen molar-refractivity contribution >= 4 is 98.1 Å². The Morgan fingerprint density at radius 3 is 2.03 bits per heavy atom. The van der Waals surface area contributed by atoms with Crippen molar-refractivity contribution in [3.63, 3.8) is 0 Å². The Balaban J connectivity index is 0.000000166. The van der Waals surface area contributed by atoms with Crippen molar-refractivity contribution in [2.24, 2.45) is 11.8 Å². The normalized spacial score (nSPS) is 40.1. The second kappa shape index (κ2) is 8.89. The van der Waals surface area contributed by atoms with Gasteiger partial charge in [0.2, 0.25) is 11.1 Å². The third-order valence-electron chi connectivity index (χ3n) is 5.41. The molecule has 1 saturated heterocycles. The number of alkyl halides is 4. The van der Waals surface area contributed by atoms with Crippen molar-refractivity contribution in [1.29, 1.82) is 0 Å². The minimum atomic E-state index is -1.86. The lowest BCUT2D eigenvalue weighted by Gasteiger charge is -2.33. The zero-order valence-corrected chi connectivity index (χ0v) is 21.2. The molecule has 0 radical (unpaired) electrons. The van der Waals surface area contributed by atoms with Crippen LogP contribution in [0.2, 0.25) is 0 Å². The second-order valence-electron chi connectivity index (χ2n) is 6.86. The van der Waals surface area contributed by atoms with Gasteiger partial charge in [0.25, 0.3) is 0 Å². The second-order valence-corrected chi connectivity index (χ2v) is 11.9. The van der Waals surface area contributed by atoms with Gasteiger partial charge in [-0.1, -0.05) is 68.9 Å². The van der Waals surface area contributed by atoms with Crippen LogP contribution >= 0.6 is 69.6 Å². The van der Waals surface area contributed by atoms with Crippen LogP contribution in [0, 0.1) is 11.8 Å². The highest BCUT2D eigenvalue weighted by molar-refractivity contribution is 7.83. The number of rotatable bonds is 0. The molecule has 5 atom stereocenters. The van der Waals surface area contributed by atoms with Crippen molar-refractivity contribution in [2.45, 2.75) is 14.1 Å². The molecule has 5 unspecified atom stereocenters. The van der Waals surface area contributed by atoms with Gasteiger partial charge in [-0.15, -0.1) is 23.2 Å². The highest BCUT2D eigenvalue weighted by Crippen LogP contribution is 2.76. The molecule has 6 nitrogen and oxygen atoms in total. The van der Waals surface area contributed by atoms with Gasteiger partial charge in [-0.25, -0.2) is 4.21 Å². The maximum absolute atomic E-state index is 11.3. The molecule has 0 spiro atoms. The van der Waals surface area contributed by atoms with Gasteiger partial charge >= 0.3 is 11.4 Å². The van der Waals surface area contributed by atoms with Crippen molar-refractivity contribution < 1.29 is 26.0 Å². The molecule has 170 valence electrons. The number of para-hydroxylation sites is 1. The summed E-state index contributed by atoms with van der Waals surface area (Å²) in [5.74, 6) is -0.328. The van der Waals surface area contributed by atoms with Crippen LogP contribution in [-0.2, 0) is 35.1 Å². The van der Waals surface area contributed by atoms with E-state index in [-0.39, 0.29) is 23.3 Å². The molecule has 31 heavy (non-hydrogen) atoms. The summed E-state index contributed by atoms with van der Waals surface area (Å²) >= 11 is 34.9. The van der Waals surface area contributed by atoms with Gasteiger partial charge in [-0.2, -0.15) is 4.21 Å². The number of hydrogen-bond acceptors (Lipinski definition) is 6. The van der Waals surface area contributed by atoms with Crippen molar-refractivity contribution in [1.82, 2.24) is 0 Å². The predicted octanol–water partition coefficient (Wildman–Crippen LogP) is 5.33. The summed E-state index contributed by atoms with van der Waals surface area (Å²) in [4.78, 5) is 2.02. The summed E-state index contributed by atoms with van der Waals surface area (Å²) in [6.07, 6.45) is 1.71. The third-order valence-corrected chi connectivity index (χ3v) is 11.0. The summed E-state index contributed by atoms with van der Waals surface area (Å²) in [6.45, 7) is 0.0215. The lowest BCUT2D eigenvalue weighted by Crippen LogP contribution is -2.45. The van der Waals surface area contributed by atoms with Gasteiger partial charge in [-0.05, 0) is 12.1 Å². The van der Waals surface area contributed by atoms with Crippen LogP contribution in [0.5, 0.6) is 5.75 Å². The molecule has 2 aliphatic carbocycles. The molecule has 14 heteroatoms. The first-order chi connectivity index (χ1) is 14.5. The minimum absolute atomic E-state index is 0.0107. The van der Waals surface area contributed by atoms with Crippen LogP contribution in [0.25, 0.3) is 6.08 Å². The van der Waals surface area contributed by atoms with Crippen LogP contribution in [0.3, 0.4) is 0 Å². The maximum Gasteiger partial charge on any atom is 0.304 e. The zero-order valence-electron chi connectivity index (χ0n) is 15.1. The molecule has 0 aromatic heterocycles. The average molecular weight is 589 g/mol. The minimum Gasteiger partial charge on any atom is -0.322 e. The number of allylic oxidation sites excluding steroid dienone is 2. The summed E-state index contributed by atoms with van der Waals surface area (Å²) < 4.78 is 35.1. The summed E-state index contributed by atoms with van der Waals surface area (Å²) in [7, 11) is 0. The van der Waals surface area contributed by atoms with E-state index in [1.54, 1.807) is 12.1 Å². The van der Waals surface area contributed by atoms with Crippen LogP contribution in [0.15, 0.2) is 39.7 Å². The quantitative estimate of drug-likeness (QED) is 0.301. The fourth-order valence-electron chi connectivity index (χ4n) is 3.88. The van der Waals surface area contributed by atoms with Gasteiger partial charge in [0.15, 0.2) is 10.1 Å². The molecular weight excluding hydrogens is 577 g/mol. The van der Waals surface area contributed by atoms with Crippen molar-refractivity contribution in [3.8, 4) is 5.75 Å². The Morgan fingerprint density at radius 1 is 0.903 bits per heavy atom. The first-order valence-corrected chi connectivity index (χ1v) is 13.0. The molecule has 1 aromatic carbocycles. The molecule has 1 saturated carbocycles. The summed E-state index contributed by atoms with van der Waals surface area (Å²) in [6, 6.07) is 7.31. The van der Waals surface area contributed by atoms with Gasteiger partial charge < -0.3 is 4.89 Å². The maximum atomic E-state index is 11.3. The van der Waals surface area contributed by atoms with E-state index in [4.69, 9.17) is 82.9 Å². The van der Waals surface area contributed by atoms with Crippen LogP contribution < -0.4 is 4.89 Å². The first kappa shape index (κ1) is 24.5. The van der Waals surface area contributed by atoms with E-state index in [0.717, 1.165) is 5.56 Å². The predicted molar refractivity (Wildman–Crippen MR) is 123 cm³/mol. The van der Waals surface area contributed by atoms with Crippen LogP contribution in [0.1, 0.15) is 5.56 Å². The Hall–Kier alpha value is 0.420. The van der Waals surface area contributed by atoms with E-state index >= 15 is 0 Å². The monoisotopic (exact) mass is 586 g/mol. The Labute approximate surface area is 213 Å². The molecule has 4 aliphatic rings. The van der Waals surface area contributed by atoms with E-state index in [1.165, 1.54) is 5.41 Å². The molecule has 0 amide bonds. The van der Waals surface area contributed by atoms with E-state index in [9.17, 15) is 8.42 Å². The Bertz CT molecular complexity index is 979. The summed E-state index contributed by atoms with van der Waals surface area (Å²) in [5.41, 5.74) is 0.864. The smallest absolute Gasteiger partial charge is 0.304 e. The SMILES string of the molecule is O=S1C=Cc2ccccc2OO1.O=S1OCC2C(CO1)C1(Cl)C(Cl)=C(Cl)C2(Cl)C1(Cl)Cl. The average Bonchev–Trinajstić information content (AvgIpc) is 2.98. The Kier molecular flexibility index (Phi) is 7.04. The number of fused-ring (bicyclic) bond motifs is 6. The molecule has 1 aromatic rings. The number of benzene rings is 1. The van der Waals surface area contributed by atoms with Gasteiger partial charge in [0.05, 0.1) is 23.3 Å². The molecule has 2 bridgehead atoms. The lowest BCUT2D eigenvalue weighted by atomic mass is 9.83. The van der Waals surface area contributed by atoms with Gasteiger partial charge in [-0.3, -0.25) is 8.37 Å². The topological polar surface area (TPSA) is 71.1 Å². The molecule has 2 aliphatic heterocycles. The highest BCUT2D eigenvalue weighted by Gasteiger charge is 2.82. The Morgan fingerprint density at radius 2 is 1.45 bits per heavy atom. The van der Waals surface area contributed by atoms with Gasteiger partial charge in [0.1, 0.15) is 9.75 Å². The fraction of sp³-hybridized carbons (Fsp3) is 0.412. The van der Waals surface area contributed by atoms with E-state index in [1.807, 2.05) is 18.2 Å². The molecule has 2 heterocycles. The largest absolute Gasteiger partial charge is 0.322 e. The van der Waals surface area contributed by atoms with Crippen molar-refractivity contribution in [3.05, 3.63) is 45.3 Å². The van der Waals surface area contributed by atoms with Crippen LogP contribution in [-0.4, -0.2) is 35.7 Å². The standard InChI is InChI=1S/C9H6Cl6O3S.C8H6O3S/c10-5-6(11)8(13)4-2-18-19(16)17-1-3(4)7(5,12)9(8,14)15;9-12-6-5-7-3-1-2-4-8(7)10-11-12/h3-4H,1-2H2;1-6H. The summed E-state index contributed by atoms with van der Waals surface area (Å²) in [5, 5.41) is 1.65. The molecule has 0 N–H and O–H groups in total. The first-order valence-electron chi connectivity index (χ1n) is 8.58. The van der Waals surface area contributed by atoms with Crippen molar-refractivity contribution in [2.75, 3.05) is 13.2 Å². The van der Waals surface area contributed by atoms with E-state index in [0.29, 0.717) is 5.75 Å². The molecule has 2 fully saturated rings. The van der Waals surface area contributed by atoms with E-state index in [2.05, 4.69) is 4.33 Å². The van der Waals surface area contributed by atoms with Crippen LogP contribution in [0.4, 0.5) is 0 Å². The fourth-order valence-corrected chi connectivity index (χ4v) is 7.96. The van der Waals surface area contributed by atoms with Gasteiger partial charge in [0, 0.05) is 22.8 Å². The number of halogens is 6. The highest BCUT2D eigenvalue weighted by atomic mass is 35.5. The number of hydrogen-bond donors (Lipinski definition) is 0. The third kappa shape index (κ3) is 3.71. The zero-order chi connectivity index (χ0) is 22.6. The van der Waals surface area contributed by atoms with E-state index < -0.39 is 48.4 Å². The molecular formula is C17H12Cl6O6S2.